The minimum Gasteiger partial charge on any atom is -0.469 e. The summed E-state index contributed by atoms with van der Waals surface area (Å²) in [4.78, 5) is 89.9. The van der Waals surface area contributed by atoms with Gasteiger partial charge in [0, 0.05) is 119 Å². The highest BCUT2D eigenvalue weighted by Crippen LogP contribution is 2.24. The summed E-state index contributed by atoms with van der Waals surface area (Å²) in [5.41, 5.74) is 8.51. The Labute approximate surface area is 540 Å². The lowest BCUT2D eigenvalue weighted by Crippen LogP contribution is -2.21. The van der Waals surface area contributed by atoms with Crippen molar-refractivity contribution in [1.29, 1.82) is 0 Å². The summed E-state index contributed by atoms with van der Waals surface area (Å²) in [7, 11) is 4.26. The number of rotatable bonds is 32. The maximum atomic E-state index is 11.1. The summed E-state index contributed by atoms with van der Waals surface area (Å²) < 4.78 is 18.1. The van der Waals surface area contributed by atoms with Crippen LogP contribution in [0.25, 0.3) is 11.3 Å². The third-order valence-electron chi connectivity index (χ3n) is 12.6. The molecule has 0 saturated heterocycles. The van der Waals surface area contributed by atoms with Crippen LogP contribution in [0.3, 0.4) is 0 Å². The Hall–Kier alpha value is -8.22. The number of nitrogens with two attached hydrogens (primary N) is 1. The van der Waals surface area contributed by atoms with Crippen molar-refractivity contribution in [3.8, 4) is 0 Å². The Morgan fingerprint density at radius 1 is 0.506 bits per heavy atom. The highest BCUT2D eigenvalue weighted by molar-refractivity contribution is 14.1. The van der Waals surface area contributed by atoms with Crippen molar-refractivity contribution >= 4 is 99.2 Å². The molecule has 0 radical (unpaired) electrons. The van der Waals surface area contributed by atoms with Gasteiger partial charge in [-0.2, -0.15) is 10.2 Å². The van der Waals surface area contributed by atoms with Gasteiger partial charge in [0.2, 0.25) is 5.91 Å². The first-order chi connectivity index (χ1) is 42.6. The highest BCUT2D eigenvalue weighted by Gasteiger charge is 2.15. The van der Waals surface area contributed by atoms with E-state index in [2.05, 4.69) is 107 Å². The summed E-state index contributed by atoms with van der Waals surface area (Å²) in [6, 6.07) is 7.54. The first kappa shape index (κ1) is 76.9. The summed E-state index contributed by atoms with van der Waals surface area (Å²) in [5, 5.41) is 20.0. The van der Waals surface area contributed by atoms with Gasteiger partial charge in [0.1, 0.15) is 21.2 Å². The van der Waals surface area contributed by atoms with Gasteiger partial charge in [-0.15, -0.1) is 12.4 Å². The fraction of sp³-hybridized carbons (Fsp3) is 0.467. The lowest BCUT2D eigenvalue weighted by atomic mass is 10.1. The van der Waals surface area contributed by atoms with E-state index in [0.29, 0.717) is 25.7 Å². The first-order valence-electron chi connectivity index (χ1n) is 29.0. The molecule has 0 aromatic carbocycles. The standard InChI is InChI=1S/C18H22N6O2.C17H21N7O2.C12H19N3O2.C8H17NO2.C4H3IN2.CH4.ClH/c1-26-18(25)6-4-2-3-5-12-23(17-14-19-10-11-20-17)15-8-13-24-16(22-15)7-9-21-24;25-17(22-26)5-3-1-2-4-11-23(16-13-18-9-10-19-16)14-7-12-24-15(21-14)6-8-20-24;1-17-12(16)6-4-2-3-5-7-14-11-10-13-8-9-15-11;1-11-8(10)6-4-2-3-5-7-9;5-4-3-6-1-2-7-4;;/h7-11,13-14H,2-6,12H2,1H3;6-10,12-13,26H,1-5,11H2,(H,22,25);8-10H,2-7H2,1H3,(H,14,15);2-7,9H2,1H3;1-3H;1H4;1H. The summed E-state index contributed by atoms with van der Waals surface area (Å²) in [6.07, 6.45) is 44.9. The van der Waals surface area contributed by atoms with Crippen molar-refractivity contribution in [2.75, 3.05) is 62.6 Å². The number of anilines is 5. The number of hydrogen-bond acceptors (Lipinski definition) is 24. The van der Waals surface area contributed by atoms with Gasteiger partial charge in [0.25, 0.3) is 0 Å². The second kappa shape index (κ2) is 48.8. The number of nitrogens with one attached hydrogen (secondary N) is 2. The van der Waals surface area contributed by atoms with Gasteiger partial charge in [0.15, 0.2) is 22.9 Å². The van der Waals surface area contributed by atoms with Crippen LogP contribution in [0, 0.1) is 3.70 Å². The van der Waals surface area contributed by atoms with E-state index in [9.17, 15) is 19.2 Å². The molecule has 0 saturated carbocycles. The Morgan fingerprint density at radius 3 is 1.30 bits per heavy atom. The number of unbranched alkanes of at least 4 members (excludes halogenated alkanes) is 12. The molecule has 29 heteroatoms. The largest absolute Gasteiger partial charge is 0.469 e. The predicted molar refractivity (Wildman–Crippen MR) is 351 cm³/mol. The molecule has 8 aromatic rings. The highest BCUT2D eigenvalue weighted by atomic mass is 127. The maximum Gasteiger partial charge on any atom is 0.305 e. The van der Waals surface area contributed by atoms with Crippen LogP contribution in [0.5, 0.6) is 0 Å². The molecule has 0 aliphatic heterocycles. The molecule has 484 valence electrons. The van der Waals surface area contributed by atoms with Crippen molar-refractivity contribution < 1.29 is 38.6 Å². The molecule has 89 heavy (non-hydrogen) atoms. The van der Waals surface area contributed by atoms with Crippen LogP contribution >= 0.6 is 35.0 Å². The van der Waals surface area contributed by atoms with Gasteiger partial charge in [-0.05, 0) is 92.6 Å². The fourth-order valence-corrected chi connectivity index (χ4v) is 8.35. The van der Waals surface area contributed by atoms with E-state index in [1.54, 1.807) is 101 Å². The molecule has 0 aliphatic rings. The van der Waals surface area contributed by atoms with E-state index in [0.717, 1.165) is 173 Å². The van der Waals surface area contributed by atoms with Crippen molar-refractivity contribution in [3.05, 3.63) is 127 Å². The Morgan fingerprint density at radius 2 is 0.921 bits per heavy atom. The van der Waals surface area contributed by atoms with Crippen molar-refractivity contribution in [2.45, 2.75) is 136 Å². The van der Waals surface area contributed by atoms with Crippen LogP contribution in [0.1, 0.15) is 136 Å². The lowest BCUT2D eigenvalue weighted by molar-refractivity contribution is -0.141. The molecule has 0 spiro atoms. The Bertz CT molecular complexity index is 2950. The molecule has 0 fully saturated rings. The smallest absolute Gasteiger partial charge is 0.305 e. The average molecular weight is 1360 g/mol. The van der Waals surface area contributed by atoms with E-state index in [-0.39, 0.29) is 43.6 Å². The van der Waals surface area contributed by atoms with Gasteiger partial charge in [-0.3, -0.25) is 44.3 Å². The minimum absolute atomic E-state index is 0. The number of halogens is 2. The number of esters is 3. The van der Waals surface area contributed by atoms with E-state index in [4.69, 9.17) is 10.9 Å². The molecular formula is C60H87ClIN19O8. The number of carbonyl (C=O) groups excluding carboxylic acids is 4. The van der Waals surface area contributed by atoms with Crippen LogP contribution in [0.15, 0.2) is 123 Å². The molecular weight excluding hydrogens is 1280 g/mol. The molecule has 5 N–H and O–H groups in total. The summed E-state index contributed by atoms with van der Waals surface area (Å²) in [5.74, 6) is 3.18. The van der Waals surface area contributed by atoms with Crippen LogP contribution in [-0.4, -0.2) is 146 Å². The van der Waals surface area contributed by atoms with Crippen LogP contribution in [-0.2, 0) is 33.4 Å². The zero-order valence-corrected chi connectivity index (χ0v) is 53.3. The van der Waals surface area contributed by atoms with E-state index in [1.165, 1.54) is 21.3 Å². The molecule has 8 heterocycles. The van der Waals surface area contributed by atoms with Gasteiger partial charge in [0.05, 0.1) is 58.5 Å². The van der Waals surface area contributed by atoms with E-state index in [1.807, 2.05) is 41.6 Å². The molecule has 0 bridgehead atoms. The number of ether oxygens (including phenoxy) is 3. The number of hydrogen-bond donors (Lipinski definition) is 4. The van der Waals surface area contributed by atoms with Gasteiger partial charge < -0.3 is 35.1 Å². The summed E-state index contributed by atoms with van der Waals surface area (Å²) >= 11 is 2.11. The van der Waals surface area contributed by atoms with Gasteiger partial charge >= 0.3 is 17.9 Å². The van der Waals surface area contributed by atoms with Crippen LogP contribution in [0.2, 0.25) is 0 Å². The fourth-order valence-electron chi connectivity index (χ4n) is 8.03. The number of aromatic nitrogens is 14. The molecule has 0 unspecified atom stereocenters. The quantitative estimate of drug-likeness (QED) is 0.00760. The Balaban J connectivity index is 0.000000402. The maximum absolute atomic E-state index is 11.1. The molecule has 8 aromatic heterocycles. The third kappa shape index (κ3) is 33.1. The lowest BCUT2D eigenvalue weighted by Gasteiger charge is -2.22. The first-order valence-corrected chi connectivity index (χ1v) is 30.1. The second-order valence-corrected chi connectivity index (χ2v) is 20.1. The molecule has 8 rings (SSSR count). The number of fused-ring (bicyclic) bond motifs is 2. The third-order valence-corrected chi connectivity index (χ3v) is 13.1. The van der Waals surface area contributed by atoms with Crippen molar-refractivity contribution in [3.63, 3.8) is 0 Å². The molecule has 0 atom stereocenters. The zero-order valence-electron chi connectivity index (χ0n) is 50.3. The van der Waals surface area contributed by atoms with Crippen molar-refractivity contribution in [2.24, 2.45) is 5.73 Å². The topological polar surface area (TPSA) is 336 Å². The van der Waals surface area contributed by atoms with E-state index >= 15 is 0 Å². The monoisotopic (exact) mass is 1360 g/mol. The minimum atomic E-state index is -0.343. The Kier molecular flexibility index (Phi) is 42.1. The van der Waals surface area contributed by atoms with Crippen LogP contribution in [0.4, 0.5) is 29.1 Å². The summed E-state index contributed by atoms with van der Waals surface area (Å²) in [6.45, 7) is 3.14. The number of hydroxylamine groups is 1. The molecule has 0 aliphatic carbocycles. The van der Waals surface area contributed by atoms with Crippen LogP contribution < -0.4 is 26.3 Å². The second-order valence-electron chi connectivity index (χ2n) is 19.0. The van der Waals surface area contributed by atoms with Gasteiger partial charge in [-0.25, -0.2) is 44.4 Å². The zero-order chi connectivity index (χ0) is 62.4. The number of amides is 1. The van der Waals surface area contributed by atoms with Gasteiger partial charge in [-0.1, -0.05) is 58.8 Å². The SMILES string of the molecule is C.COC(=O)CCCCCCN.COC(=O)CCCCCCN(c1cnccn1)c1ccn2nccc2n1.COC(=O)CCCCCCNc1cnccn1.Cl.Ic1cnccn1.O=C(CCCCCCN(c1cnccn1)c1ccn2nccc2n1)NO. The molecule has 27 nitrogen and oxygen atoms in total. The molecule has 1 amide bonds. The number of carbonyl (C=O) groups is 4. The average Bonchev–Trinajstić information content (AvgIpc) is 3.30. The number of nitrogens with zero attached hydrogens (tertiary/aromatic N) is 16. The number of methoxy groups -OCH3 is 3. The normalized spacial score (nSPS) is 10.1. The van der Waals surface area contributed by atoms with Crippen molar-refractivity contribution in [1.82, 2.24) is 74.5 Å². The van der Waals surface area contributed by atoms with E-state index < -0.39 is 0 Å². The predicted octanol–water partition coefficient (Wildman–Crippen LogP) is 10.1.